The van der Waals surface area contributed by atoms with E-state index in [1.54, 1.807) is 39.9 Å². The Kier molecular flexibility index (Phi) is 5.06. The summed E-state index contributed by atoms with van der Waals surface area (Å²) in [5.41, 5.74) is 1.65. The van der Waals surface area contributed by atoms with Crippen LogP contribution < -0.4 is 5.32 Å². The molecule has 2 aromatic rings. The third-order valence-electron chi connectivity index (χ3n) is 4.20. The van der Waals surface area contributed by atoms with E-state index in [9.17, 15) is 14.7 Å². The number of carbonyl (C=O) groups is 2. The van der Waals surface area contributed by atoms with Gasteiger partial charge in [0.15, 0.2) is 5.69 Å². The van der Waals surface area contributed by atoms with Crippen molar-refractivity contribution < 1.29 is 14.7 Å². The summed E-state index contributed by atoms with van der Waals surface area (Å²) in [6.07, 6.45) is -0.900. The Balaban J connectivity index is 1.63. The molecule has 7 nitrogen and oxygen atoms in total. The van der Waals surface area contributed by atoms with Crippen molar-refractivity contribution in [3.63, 3.8) is 0 Å². The van der Waals surface area contributed by atoms with Crippen molar-refractivity contribution in [1.82, 2.24) is 20.0 Å². The number of carbonyl (C=O) groups excluding carboxylic acids is 2. The second-order valence-corrected chi connectivity index (χ2v) is 6.34. The average molecular weight is 363 g/mol. The minimum Gasteiger partial charge on any atom is -0.387 e. The van der Waals surface area contributed by atoms with E-state index in [2.05, 4.69) is 10.4 Å². The molecule has 2 heterocycles. The molecular formula is C17H19ClN4O3. The summed E-state index contributed by atoms with van der Waals surface area (Å²) in [6, 6.07) is 8.62. The molecular weight excluding hydrogens is 344 g/mol. The Bertz CT molecular complexity index is 805. The van der Waals surface area contributed by atoms with Crippen LogP contribution in [0.3, 0.4) is 0 Å². The lowest BCUT2D eigenvalue weighted by Crippen LogP contribution is -2.36. The van der Waals surface area contributed by atoms with Gasteiger partial charge in [0.2, 0.25) is 5.91 Å². The van der Waals surface area contributed by atoms with Gasteiger partial charge in [0.25, 0.3) is 5.91 Å². The molecule has 1 aromatic heterocycles. The lowest BCUT2D eigenvalue weighted by molar-refractivity contribution is -0.130. The van der Waals surface area contributed by atoms with Gasteiger partial charge < -0.3 is 15.3 Å². The van der Waals surface area contributed by atoms with Crippen LogP contribution in [0.15, 0.2) is 30.3 Å². The molecule has 2 N–H and O–H groups in total. The molecule has 132 valence electrons. The van der Waals surface area contributed by atoms with Gasteiger partial charge in [-0.05, 0) is 12.1 Å². The van der Waals surface area contributed by atoms with Crippen molar-refractivity contribution in [2.75, 3.05) is 13.1 Å². The van der Waals surface area contributed by atoms with Crippen molar-refractivity contribution in [3.8, 4) is 0 Å². The first-order valence-corrected chi connectivity index (χ1v) is 8.36. The third kappa shape index (κ3) is 3.83. The summed E-state index contributed by atoms with van der Waals surface area (Å²) in [4.78, 5) is 25.5. The molecule has 1 aliphatic rings. The Hall–Kier alpha value is -2.38. The van der Waals surface area contributed by atoms with E-state index in [1.807, 2.05) is 0 Å². The van der Waals surface area contributed by atoms with E-state index in [0.717, 1.165) is 5.69 Å². The third-order valence-corrected chi connectivity index (χ3v) is 4.54. The summed E-state index contributed by atoms with van der Waals surface area (Å²) in [5.74, 6) is -0.372. The van der Waals surface area contributed by atoms with Gasteiger partial charge in [-0.25, -0.2) is 0 Å². The molecule has 0 radical (unpaired) electrons. The van der Waals surface area contributed by atoms with Crippen molar-refractivity contribution in [1.29, 1.82) is 0 Å². The molecule has 0 saturated carbocycles. The number of nitrogens with one attached hydrogen (secondary N) is 1. The second-order valence-electron chi connectivity index (χ2n) is 5.93. The first-order chi connectivity index (χ1) is 12.0. The van der Waals surface area contributed by atoms with E-state index in [-0.39, 0.29) is 24.1 Å². The molecule has 8 heteroatoms. The number of hydrogen-bond donors (Lipinski definition) is 2. The molecule has 0 aliphatic carbocycles. The zero-order valence-corrected chi connectivity index (χ0v) is 14.5. The number of benzene rings is 1. The van der Waals surface area contributed by atoms with E-state index < -0.39 is 6.10 Å². The zero-order chi connectivity index (χ0) is 18.0. The molecule has 0 bridgehead atoms. The minimum atomic E-state index is -0.900. The number of rotatable bonds is 4. The van der Waals surface area contributed by atoms with E-state index in [0.29, 0.717) is 30.2 Å². The van der Waals surface area contributed by atoms with Crippen molar-refractivity contribution in [2.45, 2.75) is 26.1 Å². The largest absolute Gasteiger partial charge is 0.387 e. The van der Waals surface area contributed by atoms with Crippen molar-refractivity contribution in [3.05, 3.63) is 52.3 Å². The molecule has 1 aliphatic heterocycles. The number of nitrogens with zero attached hydrogens (tertiary/aromatic N) is 3. The lowest BCUT2D eigenvalue weighted by atomic mass is 10.1. The molecule has 1 aromatic carbocycles. The fourth-order valence-corrected chi connectivity index (χ4v) is 3.04. The van der Waals surface area contributed by atoms with Crippen LogP contribution in [0.4, 0.5) is 0 Å². The summed E-state index contributed by atoms with van der Waals surface area (Å²) < 4.78 is 1.73. The molecule has 0 fully saturated rings. The smallest absolute Gasteiger partial charge is 0.271 e. The fraction of sp³-hybridized carbons (Fsp3) is 0.353. The molecule has 0 saturated heterocycles. The Morgan fingerprint density at radius 1 is 1.36 bits per heavy atom. The van der Waals surface area contributed by atoms with E-state index in [1.165, 1.54) is 6.92 Å². The Morgan fingerprint density at radius 3 is 2.84 bits per heavy atom. The van der Waals surface area contributed by atoms with Gasteiger partial charge in [0.1, 0.15) is 0 Å². The van der Waals surface area contributed by atoms with Crippen LogP contribution in [0.25, 0.3) is 0 Å². The standard InChI is InChI=1S/C17H19ClN4O3/c1-11(23)21-6-7-22-12(10-21)8-15(20-22)17(25)19-9-16(24)13-4-2-3-5-14(13)18/h2-5,8,16,24H,6-7,9-10H2,1H3,(H,19,25)/t16-/m1/s1. The SMILES string of the molecule is CC(=O)N1CCn2nc(C(=O)NC[C@@H](O)c3ccccc3Cl)cc2C1. The van der Waals surface area contributed by atoms with Gasteiger partial charge in [-0.1, -0.05) is 29.8 Å². The molecule has 0 spiro atoms. The Morgan fingerprint density at radius 2 is 2.12 bits per heavy atom. The van der Waals surface area contributed by atoms with Gasteiger partial charge >= 0.3 is 0 Å². The van der Waals surface area contributed by atoms with Crippen molar-refractivity contribution in [2.24, 2.45) is 0 Å². The van der Waals surface area contributed by atoms with Crippen LogP contribution >= 0.6 is 11.6 Å². The fourth-order valence-electron chi connectivity index (χ4n) is 2.78. The first-order valence-electron chi connectivity index (χ1n) is 7.98. The van der Waals surface area contributed by atoms with Gasteiger partial charge in [0.05, 0.1) is 24.9 Å². The van der Waals surface area contributed by atoms with Crippen molar-refractivity contribution >= 4 is 23.4 Å². The Labute approximate surface area is 150 Å². The highest BCUT2D eigenvalue weighted by molar-refractivity contribution is 6.31. The first kappa shape index (κ1) is 17.4. The van der Waals surface area contributed by atoms with Crippen LogP contribution in [0, 0.1) is 0 Å². The molecule has 25 heavy (non-hydrogen) atoms. The summed E-state index contributed by atoms with van der Waals surface area (Å²) in [6.45, 7) is 3.14. The molecule has 1 atom stereocenters. The highest BCUT2D eigenvalue weighted by Gasteiger charge is 2.22. The topological polar surface area (TPSA) is 87.5 Å². The number of amides is 2. The lowest BCUT2D eigenvalue weighted by Gasteiger charge is -2.26. The predicted molar refractivity (Wildman–Crippen MR) is 92.1 cm³/mol. The maximum atomic E-state index is 12.3. The second kappa shape index (κ2) is 7.25. The number of aromatic nitrogens is 2. The van der Waals surface area contributed by atoms with E-state index >= 15 is 0 Å². The van der Waals surface area contributed by atoms with Gasteiger partial charge in [-0.15, -0.1) is 0 Å². The zero-order valence-electron chi connectivity index (χ0n) is 13.8. The highest BCUT2D eigenvalue weighted by Crippen LogP contribution is 2.22. The number of aliphatic hydroxyl groups is 1. The van der Waals surface area contributed by atoms with E-state index in [4.69, 9.17) is 11.6 Å². The van der Waals surface area contributed by atoms with Gasteiger partial charge in [-0.3, -0.25) is 14.3 Å². The maximum absolute atomic E-state index is 12.3. The summed E-state index contributed by atoms with van der Waals surface area (Å²) in [7, 11) is 0. The summed E-state index contributed by atoms with van der Waals surface area (Å²) >= 11 is 6.04. The van der Waals surface area contributed by atoms with Crippen LogP contribution in [0.1, 0.15) is 34.8 Å². The summed E-state index contributed by atoms with van der Waals surface area (Å²) in [5, 5.41) is 17.6. The highest BCUT2D eigenvalue weighted by atomic mass is 35.5. The molecule has 3 rings (SSSR count). The number of aliphatic hydroxyl groups excluding tert-OH is 1. The number of hydrogen-bond acceptors (Lipinski definition) is 4. The number of halogens is 1. The molecule has 2 amide bonds. The predicted octanol–water partition coefficient (Wildman–Crippen LogP) is 1.36. The van der Waals surface area contributed by atoms with Gasteiger partial charge in [-0.2, -0.15) is 5.10 Å². The number of fused-ring (bicyclic) bond motifs is 1. The quantitative estimate of drug-likeness (QED) is 0.859. The molecule has 0 unspecified atom stereocenters. The van der Waals surface area contributed by atoms with Crippen LogP contribution in [0.2, 0.25) is 5.02 Å². The maximum Gasteiger partial charge on any atom is 0.271 e. The van der Waals surface area contributed by atoms with Crippen LogP contribution in [0.5, 0.6) is 0 Å². The monoisotopic (exact) mass is 362 g/mol. The normalized spacial score (nSPS) is 14.8. The van der Waals surface area contributed by atoms with Crippen LogP contribution in [-0.4, -0.2) is 44.7 Å². The van der Waals surface area contributed by atoms with Crippen LogP contribution in [-0.2, 0) is 17.9 Å². The minimum absolute atomic E-state index is 0.00122. The van der Waals surface area contributed by atoms with Gasteiger partial charge in [0, 0.05) is 30.6 Å². The average Bonchev–Trinajstić information content (AvgIpc) is 3.03.